The Morgan fingerprint density at radius 3 is 2.76 bits per heavy atom. The number of halogens is 2. The highest BCUT2D eigenvalue weighted by Gasteiger charge is 2.24. The van der Waals surface area contributed by atoms with Gasteiger partial charge in [0.05, 0.1) is 0 Å². The number of alkyl halides is 1. The van der Waals surface area contributed by atoms with E-state index in [1.54, 1.807) is 0 Å². The molecule has 2 rings (SSSR count). The maximum absolute atomic E-state index is 6.24. The number of hydrogen-bond donors (Lipinski definition) is 0. The largest absolute Gasteiger partial charge is 0.370 e. The van der Waals surface area contributed by atoms with Gasteiger partial charge < -0.3 is 9.80 Å². The minimum atomic E-state index is 0.657. The van der Waals surface area contributed by atoms with E-state index in [2.05, 4.69) is 58.0 Å². The van der Waals surface area contributed by atoms with E-state index < -0.39 is 0 Å². The Hall–Kier alpha value is -0.250. The maximum atomic E-state index is 6.24. The van der Waals surface area contributed by atoms with E-state index in [4.69, 9.17) is 11.6 Å². The van der Waals surface area contributed by atoms with Gasteiger partial charge in [-0.2, -0.15) is 0 Å². The minimum Gasteiger partial charge on any atom is -0.370 e. The van der Waals surface area contributed by atoms with Crippen molar-refractivity contribution in [1.29, 1.82) is 0 Å². The Morgan fingerprint density at radius 2 is 2.24 bits per heavy atom. The van der Waals surface area contributed by atoms with Crippen molar-refractivity contribution in [3.05, 3.63) is 28.8 Å². The molecule has 1 unspecified atom stereocenters. The molecule has 0 aromatic heterocycles. The predicted molar refractivity (Wildman–Crippen MR) is 78.4 cm³/mol. The first-order chi connectivity index (χ1) is 8.11. The lowest BCUT2D eigenvalue weighted by atomic mass is 10.2. The molecular weight excluding hydrogens is 300 g/mol. The molecule has 1 fully saturated rings. The van der Waals surface area contributed by atoms with Gasteiger partial charge in [-0.25, -0.2) is 0 Å². The van der Waals surface area contributed by atoms with Crippen molar-refractivity contribution in [3.8, 4) is 0 Å². The third kappa shape index (κ3) is 2.95. The molecule has 94 valence electrons. The van der Waals surface area contributed by atoms with Gasteiger partial charge in [0.25, 0.3) is 0 Å². The topological polar surface area (TPSA) is 6.48 Å². The van der Waals surface area contributed by atoms with Crippen LogP contribution in [-0.2, 0) is 5.33 Å². The van der Waals surface area contributed by atoms with Gasteiger partial charge in [-0.1, -0.05) is 33.6 Å². The molecular formula is C13H18BrClN2. The van der Waals surface area contributed by atoms with Crippen LogP contribution in [-0.4, -0.2) is 38.1 Å². The van der Waals surface area contributed by atoms with E-state index >= 15 is 0 Å². The molecule has 0 saturated carbocycles. The summed E-state index contributed by atoms with van der Waals surface area (Å²) < 4.78 is 0. The smallest absolute Gasteiger partial charge is 0.0467 e. The van der Waals surface area contributed by atoms with E-state index in [1.165, 1.54) is 12.1 Å². The molecule has 1 heterocycles. The molecule has 1 aliphatic heterocycles. The summed E-state index contributed by atoms with van der Waals surface area (Å²) in [7, 11) is 4.30. The fourth-order valence-electron chi connectivity index (χ4n) is 2.24. The average molecular weight is 318 g/mol. The zero-order valence-electron chi connectivity index (χ0n) is 10.3. The van der Waals surface area contributed by atoms with Crippen LogP contribution in [0.15, 0.2) is 18.2 Å². The summed E-state index contributed by atoms with van der Waals surface area (Å²) in [6.45, 7) is 2.21. The summed E-state index contributed by atoms with van der Waals surface area (Å²) in [4.78, 5) is 4.71. The van der Waals surface area contributed by atoms with E-state index in [-0.39, 0.29) is 0 Å². The molecule has 1 saturated heterocycles. The molecule has 0 N–H and O–H groups in total. The number of benzene rings is 1. The molecule has 1 aromatic carbocycles. The highest BCUT2D eigenvalue weighted by Crippen LogP contribution is 2.28. The monoisotopic (exact) mass is 316 g/mol. The molecule has 1 aromatic rings. The zero-order chi connectivity index (χ0) is 12.4. The Morgan fingerprint density at radius 1 is 1.47 bits per heavy atom. The van der Waals surface area contributed by atoms with Gasteiger partial charge in [-0.15, -0.1) is 0 Å². The summed E-state index contributed by atoms with van der Waals surface area (Å²) in [5, 5.41) is 1.67. The second-order valence-corrected chi connectivity index (χ2v) is 5.73. The average Bonchev–Trinajstić information content (AvgIpc) is 2.78. The molecule has 2 nitrogen and oxygen atoms in total. The summed E-state index contributed by atoms with van der Waals surface area (Å²) >= 11 is 9.68. The van der Waals surface area contributed by atoms with Crippen LogP contribution in [0.5, 0.6) is 0 Å². The van der Waals surface area contributed by atoms with Gasteiger partial charge in [0.2, 0.25) is 0 Å². The predicted octanol–water partition coefficient (Wildman–Crippen LogP) is 3.38. The summed E-state index contributed by atoms with van der Waals surface area (Å²) in [6.07, 6.45) is 1.23. The maximum Gasteiger partial charge on any atom is 0.0467 e. The van der Waals surface area contributed by atoms with Gasteiger partial charge in [-0.05, 0) is 38.2 Å². The molecule has 0 radical (unpaired) electrons. The van der Waals surface area contributed by atoms with Crippen molar-refractivity contribution in [3.63, 3.8) is 0 Å². The van der Waals surface area contributed by atoms with Crippen molar-refractivity contribution in [2.75, 3.05) is 32.1 Å². The number of hydrogen-bond acceptors (Lipinski definition) is 2. The second-order valence-electron chi connectivity index (χ2n) is 4.76. The van der Waals surface area contributed by atoms with Crippen molar-refractivity contribution in [2.45, 2.75) is 17.8 Å². The Bertz CT molecular complexity index is 395. The molecule has 0 amide bonds. The second kappa shape index (κ2) is 5.59. The van der Waals surface area contributed by atoms with E-state index in [0.29, 0.717) is 6.04 Å². The first kappa shape index (κ1) is 13.2. The van der Waals surface area contributed by atoms with Crippen LogP contribution in [0.4, 0.5) is 5.69 Å². The quantitative estimate of drug-likeness (QED) is 0.789. The summed E-state index contributed by atoms with van der Waals surface area (Å²) in [5.41, 5.74) is 2.39. The normalized spacial score (nSPS) is 20.3. The van der Waals surface area contributed by atoms with Crippen LogP contribution in [0.25, 0.3) is 0 Å². The van der Waals surface area contributed by atoms with Crippen molar-refractivity contribution in [2.24, 2.45) is 0 Å². The fraction of sp³-hybridized carbons (Fsp3) is 0.538. The molecule has 17 heavy (non-hydrogen) atoms. The standard InChI is InChI=1S/C13H18BrClN2/c1-16(2)12-5-6-17(9-12)11-4-3-10(8-14)13(15)7-11/h3-4,7,12H,5-6,8-9H2,1-2H3. The first-order valence-electron chi connectivity index (χ1n) is 5.87. The van der Waals surface area contributed by atoms with Gasteiger partial charge in [0.1, 0.15) is 0 Å². The lowest BCUT2D eigenvalue weighted by molar-refractivity contribution is 0.315. The molecule has 1 aliphatic rings. The summed E-state index contributed by atoms with van der Waals surface area (Å²) in [6, 6.07) is 7.01. The highest BCUT2D eigenvalue weighted by atomic mass is 79.9. The Balaban J connectivity index is 2.11. The van der Waals surface area contributed by atoms with Crippen LogP contribution >= 0.6 is 27.5 Å². The van der Waals surface area contributed by atoms with Crippen LogP contribution in [0, 0.1) is 0 Å². The third-order valence-corrected chi connectivity index (χ3v) is 4.40. The van der Waals surface area contributed by atoms with E-state index in [0.717, 1.165) is 29.0 Å². The van der Waals surface area contributed by atoms with Crippen molar-refractivity contribution in [1.82, 2.24) is 4.90 Å². The Labute approximate surface area is 117 Å². The number of rotatable bonds is 3. The SMILES string of the molecule is CN(C)C1CCN(c2ccc(CBr)c(Cl)c2)C1. The fourth-order valence-corrected chi connectivity index (χ4v) is 3.13. The van der Waals surface area contributed by atoms with Crippen molar-refractivity contribution >= 4 is 33.2 Å². The lowest BCUT2D eigenvalue weighted by Gasteiger charge is -2.22. The third-order valence-electron chi connectivity index (χ3n) is 3.44. The van der Waals surface area contributed by atoms with Gasteiger partial charge in [0, 0.05) is 35.2 Å². The van der Waals surface area contributed by atoms with Crippen molar-refractivity contribution < 1.29 is 0 Å². The Kier molecular flexibility index (Phi) is 4.34. The van der Waals surface area contributed by atoms with Crippen LogP contribution in [0.1, 0.15) is 12.0 Å². The minimum absolute atomic E-state index is 0.657. The van der Waals surface area contributed by atoms with Gasteiger partial charge >= 0.3 is 0 Å². The molecule has 0 aliphatic carbocycles. The van der Waals surface area contributed by atoms with Crippen LogP contribution in [0.3, 0.4) is 0 Å². The molecule has 1 atom stereocenters. The lowest BCUT2D eigenvalue weighted by Crippen LogP contribution is -2.31. The molecule has 4 heteroatoms. The number of likely N-dealkylation sites (N-methyl/N-ethyl adjacent to an activating group) is 1. The summed E-state index contributed by atoms with van der Waals surface area (Å²) in [5.74, 6) is 0. The van der Waals surface area contributed by atoms with Crippen LogP contribution in [0.2, 0.25) is 5.02 Å². The number of nitrogens with zero attached hydrogens (tertiary/aromatic N) is 2. The van der Waals surface area contributed by atoms with Gasteiger partial charge in [0.15, 0.2) is 0 Å². The van der Waals surface area contributed by atoms with Gasteiger partial charge in [-0.3, -0.25) is 0 Å². The molecule has 0 bridgehead atoms. The number of anilines is 1. The van der Waals surface area contributed by atoms with Crippen LogP contribution < -0.4 is 4.90 Å². The highest BCUT2D eigenvalue weighted by molar-refractivity contribution is 9.08. The first-order valence-corrected chi connectivity index (χ1v) is 7.37. The zero-order valence-corrected chi connectivity index (χ0v) is 12.6. The molecule has 0 spiro atoms. The van der Waals surface area contributed by atoms with E-state index in [9.17, 15) is 0 Å². The van der Waals surface area contributed by atoms with E-state index in [1.807, 2.05) is 0 Å².